The second kappa shape index (κ2) is 10.4. The summed E-state index contributed by atoms with van der Waals surface area (Å²) >= 11 is 0. The quantitative estimate of drug-likeness (QED) is 0.268. The van der Waals surface area contributed by atoms with Gasteiger partial charge in [-0.1, -0.05) is 91.0 Å². The number of ketones is 1. The van der Waals surface area contributed by atoms with Crippen LogP contribution in [0.5, 0.6) is 0 Å². The molecule has 1 aliphatic heterocycles. The number of nitrogens with zero attached hydrogens (tertiary/aromatic N) is 4. The Morgan fingerprint density at radius 1 is 0.775 bits per heavy atom. The topological polar surface area (TPSA) is 63.1 Å². The zero-order valence-electron chi connectivity index (χ0n) is 23.3. The van der Waals surface area contributed by atoms with Crippen molar-refractivity contribution in [2.75, 3.05) is 18.4 Å². The minimum Gasteiger partial charge on any atom is -0.365 e. The molecular weight excluding hydrogens is 494 g/mol. The van der Waals surface area contributed by atoms with Gasteiger partial charge in [0.1, 0.15) is 29.1 Å². The van der Waals surface area contributed by atoms with E-state index in [1.165, 1.54) is 0 Å². The van der Waals surface area contributed by atoms with E-state index in [0.717, 1.165) is 40.1 Å². The van der Waals surface area contributed by atoms with Gasteiger partial charge in [0, 0.05) is 30.7 Å². The number of aromatic nitrogens is 3. The van der Waals surface area contributed by atoms with Crippen LogP contribution < -0.4 is 5.32 Å². The standard InChI is InChI=1S/C34H35N5O/c1-33(2,3)38-22-28(21-29(40)23-38)37-31-30-19-20-39(32(30)36-24-35-31)34(25-13-7-4-8-14-25,26-15-9-5-10-16-26)27-17-11-6-12-18-27/h4-20,24,28H,21-23H2,1-3H3,(H,35,36,37)/t28-/m1/s1. The Morgan fingerprint density at radius 2 is 1.32 bits per heavy atom. The highest BCUT2D eigenvalue weighted by Crippen LogP contribution is 2.43. The largest absolute Gasteiger partial charge is 0.365 e. The number of carbonyl (C=O) groups is 1. The molecule has 1 N–H and O–H groups in total. The molecule has 6 nitrogen and oxygen atoms in total. The normalized spacial score (nSPS) is 16.8. The first-order valence-corrected chi connectivity index (χ1v) is 13.9. The molecule has 0 radical (unpaired) electrons. The minimum atomic E-state index is -0.666. The molecule has 1 atom stereocenters. The molecule has 0 saturated carbocycles. The third kappa shape index (κ3) is 4.58. The SMILES string of the molecule is CC(C)(C)N1CC(=O)C[C@@H](Nc2ncnc3c2ccn3C(c2ccccc2)(c2ccccc2)c2ccccc2)C1. The molecule has 6 rings (SSSR count). The molecule has 3 aromatic carbocycles. The van der Waals surface area contributed by atoms with E-state index in [4.69, 9.17) is 4.98 Å². The highest BCUT2D eigenvalue weighted by atomic mass is 16.1. The van der Waals surface area contributed by atoms with Crippen LogP contribution >= 0.6 is 0 Å². The lowest BCUT2D eigenvalue weighted by Gasteiger charge is -2.41. The van der Waals surface area contributed by atoms with Gasteiger partial charge in [-0.2, -0.15) is 0 Å². The van der Waals surface area contributed by atoms with Crippen LogP contribution in [0.25, 0.3) is 11.0 Å². The Labute approximate surface area is 235 Å². The Balaban J connectivity index is 1.52. The second-order valence-electron chi connectivity index (χ2n) is 11.6. The van der Waals surface area contributed by atoms with E-state index in [9.17, 15) is 4.79 Å². The van der Waals surface area contributed by atoms with Crippen LogP contribution in [0.3, 0.4) is 0 Å². The van der Waals surface area contributed by atoms with Gasteiger partial charge in [-0.3, -0.25) is 9.69 Å². The van der Waals surface area contributed by atoms with Crippen LogP contribution in [0.1, 0.15) is 43.9 Å². The van der Waals surface area contributed by atoms with Crippen LogP contribution in [0.2, 0.25) is 0 Å². The highest BCUT2D eigenvalue weighted by molar-refractivity contribution is 5.89. The van der Waals surface area contributed by atoms with Crippen LogP contribution in [0, 0.1) is 0 Å². The first kappa shape index (κ1) is 26.0. The molecule has 6 heteroatoms. The number of rotatable bonds is 6. The number of Topliss-reactive ketones (excluding diaryl/α,β-unsaturated/α-hetero) is 1. The summed E-state index contributed by atoms with van der Waals surface area (Å²) in [5.41, 5.74) is 3.48. The van der Waals surface area contributed by atoms with Gasteiger partial charge in [-0.05, 0) is 43.5 Å². The number of anilines is 1. The molecule has 5 aromatic rings. The average Bonchev–Trinajstić information content (AvgIpc) is 3.40. The fourth-order valence-corrected chi connectivity index (χ4v) is 6.04. The lowest BCUT2D eigenvalue weighted by Crippen LogP contribution is -2.54. The van der Waals surface area contributed by atoms with E-state index >= 15 is 0 Å². The number of fused-ring (bicyclic) bond motifs is 1. The lowest BCUT2D eigenvalue weighted by atomic mass is 9.76. The van der Waals surface area contributed by atoms with Crippen molar-refractivity contribution in [1.29, 1.82) is 0 Å². The number of hydrogen-bond acceptors (Lipinski definition) is 5. The predicted octanol–water partition coefficient (Wildman–Crippen LogP) is 6.13. The molecule has 1 fully saturated rings. The van der Waals surface area contributed by atoms with Gasteiger partial charge >= 0.3 is 0 Å². The average molecular weight is 530 g/mol. The predicted molar refractivity (Wildman–Crippen MR) is 160 cm³/mol. The molecule has 3 heterocycles. The maximum Gasteiger partial charge on any atom is 0.148 e. The third-order valence-corrected chi connectivity index (χ3v) is 7.99. The van der Waals surface area contributed by atoms with E-state index in [-0.39, 0.29) is 17.4 Å². The molecule has 0 bridgehead atoms. The first-order chi connectivity index (χ1) is 19.4. The van der Waals surface area contributed by atoms with E-state index in [1.807, 2.05) is 0 Å². The van der Waals surface area contributed by atoms with Crippen molar-refractivity contribution >= 4 is 22.6 Å². The maximum atomic E-state index is 12.7. The number of likely N-dealkylation sites (tertiary alicyclic amines) is 1. The van der Waals surface area contributed by atoms with Crippen molar-refractivity contribution in [3.63, 3.8) is 0 Å². The van der Waals surface area contributed by atoms with E-state index < -0.39 is 5.54 Å². The van der Waals surface area contributed by atoms with Crippen molar-refractivity contribution in [2.45, 2.75) is 44.3 Å². The summed E-state index contributed by atoms with van der Waals surface area (Å²) in [5.74, 6) is 0.998. The van der Waals surface area contributed by atoms with Crippen molar-refractivity contribution in [3.05, 3.63) is 126 Å². The lowest BCUT2D eigenvalue weighted by molar-refractivity contribution is -0.124. The van der Waals surface area contributed by atoms with Gasteiger partial charge in [0.2, 0.25) is 0 Å². The van der Waals surface area contributed by atoms with Gasteiger partial charge in [0.15, 0.2) is 0 Å². The van der Waals surface area contributed by atoms with Gasteiger partial charge in [-0.25, -0.2) is 9.97 Å². The summed E-state index contributed by atoms with van der Waals surface area (Å²) in [6, 6.07) is 33.8. The van der Waals surface area contributed by atoms with Crippen molar-refractivity contribution in [1.82, 2.24) is 19.4 Å². The number of benzene rings is 3. The second-order valence-corrected chi connectivity index (χ2v) is 11.6. The molecule has 2 aromatic heterocycles. The van der Waals surface area contributed by atoms with E-state index in [1.54, 1.807) is 6.33 Å². The fraction of sp³-hybridized carbons (Fsp3) is 0.265. The number of nitrogens with one attached hydrogen (secondary N) is 1. The summed E-state index contributed by atoms with van der Waals surface area (Å²) in [7, 11) is 0. The summed E-state index contributed by atoms with van der Waals surface area (Å²) in [6.07, 6.45) is 4.23. The van der Waals surface area contributed by atoms with Crippen LogP contribution in [0.4, 0.5) is 5.82 Å². The molecule has 0 unspecified atom stereocenters. The number of carbonyl (C=O) groups excluding carboxylic acids is 1. The molecular formula is C34H35N5O. The summed E-state index contributed by atoms with van der Waals surface area (Å²) in [4.78, 5) is 24.4. The minimum absolute atomic E-state index is 0.0240. The highest BCUT2D eigenvalue weighted by Gasteiger charge is 2.40. The Kier molecular flexibility index (Phi) is 6.72. The number of piperidine rings is 1. The molecule has 202 valence electrons. The van der Waals surface area contributed by atoms with Crippen molar-refractivity contribution in [3.8, 4) is 0 Å². The van der Waals surface area contributed by atoms with Crippen LogP contribution in [-0.2, 0) is 10.3 Å². The molecule has 0 aliphatic carbocycles. The van der Waals surface area contributed by atoms with Gasteiger partial charge < -0.3 is 9.88 Å². The molecule has 1 aliphatic rings. The zero-order chi connectivity index (χ0) is 27.7. The Hall–Kier alpha value is -4.29. The van der Waals surface area contributed by atoms with Gasteiger partial charge in [-0.15, -0.1) is 0 Å². The van der Waals surface area contributed by atoms with E-state index in [0.29, 0.717) is 13.0 Å². The van der Waals surface area contributed by atoms with Crippen molar-refractivity contribution < 1.29 is 4.79 Å². The monoisotopic (exact) mass is 529 g/mol. The van der Waals surface area contributed by atoms with Crippen LogP contribution in [0.15, 0.2) is 110 Å². The Morgan fingerprint density at radius 3 is 1.85 bits per heavy atom. The molecule has 1 saturated heterocycles. The summed E-state index contributed by atoms with van der Waals surface area (Å²) in [6.45, 7) is 7.74. The van der Waals surface area contributed by atoms with Gasteiger partial charge in [0.05, 0.1) is 11.9 Å². The summed E-state index contributed by atoms with van der Waals surface area (Å²) in [5, 5.41) is 4.54. The molecule has 40 heavy (non-hydrogen) atoms. The van der Waals surface area contributed by atoms with E-state index in [2.05, 4.69) is 144 Å². The van der Waals surface area contributed by atoms with Crippen LogP contribution in [-0.4, -0.2) is 49.9 Å². The fourth-order valence-electron chi connectivity index (χ4n) is 6.04. The van der Waals surface area contributed by atoms with Gasteiger partial charge in [0.25, 0.3) is 0 Å². The smallest absolute Gasteiger partial charge is 0.148 e. The maximum absolute atomic E-state index is 12.7. The zero-order valence-corrected chi connectivity index (χ0v) is 23.3. The number of hydrogen-bond donors (Lipinski definition) is 1. The third-order valence-electron chi connectivity index (χ3n) is 7.99. The Bertz CT molecular complexity index is 1510. The van der Waals surface area contributed by atoms with Crippen molar-refractivity contribution in [2.24, 2.45) is 0 Å². The summed E-state index contributed by atoms with van der Waals surface area (Å²) < 4.78 is 2.27. The first-order valence-electron chi connectivity index (χ1n) is 13.9. The molecule has 0 amide bonds. The molecule has 0 spiro atoms.